The van der Waals surface area contributed by atoms with Gasteiger partial charge in [0.25, 0.3) is 5.91 Å². The molecule has 2 rings (SSSR count). The first-order valence-electron chi connectivity index (χ1n) is 10.6. The molecule has 0 saturated carbocycles. The first kappa shape index (κ1) is 23.5. The van der Waals surface area contributed by atoms with Gasteiger partial charge in [-0.25, -0.2) is 0 Å². The van der Waals surface area contributed by atoms with Gasteiger partial charge in [-0.2, -0.15) is 0 Å². The average Bonchev–Trinajstić information content (AvgIpc) is 2.66. The largest absolute Gasteiger partial charge is 0.484 e. The molecule has 2 aromatic carbocycles. The highest BCUT2D eigenvalue weighted by Gasteiger charge is 2.29. The highest BCUT2D eigenvalue weighted by atomic mass is 16.5. The normalized spacial score (nSPS) is 11.8. The van der Waals surface area contributed by atoms with Crippen molar-refractivity contribution in [2.75, 3.05) is 6.61 Å². The molecule has 2 amide bonds. The van der Waals surface area contributed by atoms with Crippen LogP contribution in [-0.2, 0) is 16.1 Å². The second-order valence-electron chi connectivity index (χ2n) is 8.15. The van der Waals surface area contributed by atoms with Gasteiger partial charge in [-0.1, -0.05) is 37.3 Å². The van der Waals surface area contributed by atoms with Crippen molar-refractivity contribution in [1.82, 2.24) is 10.2 Å². The molecule has 2 aromatic rings. The predicted molar refractivity (Wildman–Crippen MR) is 120 cm³/mol. The second kappa shape index (κ2) is 10.8. The SMILES string of the molecule is CC[C@@H](C(=O)NC(C)C)N(Cc1ccccc1C)C(=O)COc1cc(C)cc(C)c1. The van der Waals surface area contributed by atoms with Gasteiger partial charge in [0, 0.05) is 12.6 Å². The standard InChI is InChI=1S/C25H34N2O3/c1-7-23(25(29)26-17(2)3)27(15-21-11-9-8-10-20(21)6)24(28)16-30-22-13-18(4)12-19(5)14-22/h8-14,17,23H,7,15-16H2,1-6H3,(H,26,29)/t23-/m0/s1. The molecule has 1 atom stereocenters. The number of rotatable bonds is 9. The highest BCUT2D eigenvalue weighted by Crippen LogP contribution is 2.18. The van der Waals surface area contributed by atoms with Gasteiger partial charge < -0.3 is 15.0 Å². The lowest BCUT2D eigenvalue weighted by atomic mass is 10.1. The molecule has 0 saturated heterocycles. The molecular weight excluding hydrogens is 376 g/mol. The Labute approximate surface area is 180 Å². The van der Waals surface area contributed by atoms with Crippen LogP contribution in [0.3, 0.4) is 0 Å². The van der Waals surface area contributed by atoms with E-state index in [0.29, 0.717) is 18.7 Å². The summed E-state index contributed by atoms with van der Waals surface area (Å²) in [4.78, 5) is 27.7. The molecule has 5 nitrogen and oxygen atoms in total. The number of carbonyl (C=O) groups is 2. The van der Waals surface area contributed by atoms with E-state index in [9.17, 15) is 9.59 Å². The zero-order valence-corrected chi connectivity index (χ0v) is 19.0. The van der Waals surface area contributed by atoms with Crippen molar-refractivity contribution in [3.05, 3.63) is 64.7 Å². The average molecular weight is 411 g/mol. The molecule has 1 N–H and O–H groups in total. The Bertz CT molecular complexity index is 856. The quantitative estimate of drug-likeness (QED) is 0.670. The number of ether oxygens (including phenoxy) is 1. The van der Waals surface area contributed by atoms with Gasteiger partial charge >= 0.3 is 0 Å². The Morgan fingerprint density at radius 3 is 2.23 bits per heavy atom. The molecule has 0 spiro atoms. The van der Waals surface area contributed by atoms with Crippen LogP contribution >= 0.6 is 0 Å². The molecular formula is C25H34N2O3. The van der Waals surface area contributed by atoms with Crippen molar-refractivity contribution >= 4 is 11.8 Å². The predicted octanol–water partition coefficient (Wildman–Crippen LogP) is 4.32. The number of benzene rings is 2. The molecule has 162 valence electrons. The van der Waals surface area contributed by atoms with Gasteiger partial charge in [-0.05, 0) is 75.4 Å². The summed E-state index contributed by atoms with van der Waals surface area (Å²) in [7, 11) is 0. The molecule has 0 aliphatic carbocycles. The first-order valence-corrected chi connectivity index (χ1v) is 10.6. The zero-order valence-electron chi connectivity index (χ0n) is 19.0. The lowest BCUT2D eigenvalue weighted by Gasteiger charge is -2.31. The molecule has 0 bridgehead atoms. The lowest BCUT2D eigenvalue weighted by Crippen LogP contribution is -2.51. The Morgan fingerprint density at radius 1 is 1.03 bits per heavy atom. The summed E-state index contributed by atoms with van der Waals surface area (Å²) >= 11 is 0. The third-order valence-corrected chi connectivity index (χ3v) is 4.98. The minimum atomic E-state index is -0.553. The summed E-state index contributed by atoms with van der Waals surface area (Å²) in [5, 5.41) is 2.94. The molecule has 0 aliphatic heterocycles. The summed E-state index contributed by atoms with van der Waals surface area (Å²) in [5.74, 6) is 0.320. The van der Waals surface area contributed by atoms with E-state index in [0.717, 1.165) is 22.3 Å². The van der Waals surface area contributed by atoms with Gasteiger partial charge in [0.1, 0.15) is 11.8 Å². The maximum absolute atomic E-state index is 13.2. The van der Waals surface area contributed by atoms with Crippen molar-refractivity contribution in [3.8, 4) is 5.75 Å². The van der Waals surface area contributed by atoms with E-state index < -0.39 is 6.04 Å². The summed E-state index contributed by atoms with van der Waals surface area (Å²) < 4.78 is 5.81. The number of nitrogens with zero attached hydrogens (tertiary/aromatic N) is 1. The van der Waals surface area contributed by atoms with E-state index in [1.807, 2.05) is 77.9 Å². The first-order chi connectivity index (χ1) is 14.2. The maximum Gasteiger partial charge on any atom is 0.261 e. The summed E-state index contributed by atoms with van der Waals surface area (Å²) in [6, 6.07) is 13.3. The fourth-order valence-corrected chi connectivity index (χ4v) is 3.52. The smallest absolute Gasteiger partial charge is 0.261 e. The Hall–Kier alpha value is -2.82. The highest BCUT2D eigenvalue weighted by molar-refractivity contribution is 5.88. The summed E-state index contributed by atoms with van der Waals surface area (Å²) in [6.07, 6.45) is 0.528. The van der Waals surface area contributed by atoms with Gasteiger partial charge in [-0.15, -0.1) is 0 Å². The maximum atomic E-state index is 13.2. The molecule has 30 heavy (non-hydrogen) atoms. The molecule has 0 aliphatic rings. The van der Waals surface area contributed by atoms with Crippen LogP contribution in [0, 0.1) is 20.8 Å². The second-order valence-corrected chi connectivity index (χ2v) is 8.15. The van der Waals surface area contributed by atoms with Crippen LogP contribution < -0.4 is 10.1 Å². The number of hydrogen-bond donors (Lipinski definition) is 1. The van der Waals surface area contributed by atoms with Crippen LogP contribution in [0.1, 0.15) is 49.4 Å². The van der Waals surface area contributed by atoms with E-state index in [2.05, 4.69) is 11.4 Å². The van der Waals surface area contributed by atoms with Crippen LogP contribution in [0.25, 0.3) is 0 Å². The van der Waals surface area contributed by atoms with E-state index in [4.69, 9.17) is 4.74 Å². The van der Waals surface area contributed by atoms with E-state index in [1.165, 1.54) is 0 Å². The van der Waals surface area contributed by atoms with E-state index in [-0.39, 0.29) is 24.5 Å². The van der Waals surface area contributed by atoms with Crippen molar-refractivity contribution in [2.24, 2.45) is 0 Å². The Kier molecular flexibility index (Phi) is 8.46. The molecule has 5 heteroatoms. The third-order valence-electron chi connectivity index (χ3n) is 4.98. The van der Waals surface area contributed by atoms with Crippen molar-refractivity contribution < 1.29 is 14.3 Å². The number of carbonyl (C=O) groups excluding carboxylic acids is 2. The van der Waals surface area contributed by atoms with Crippen LogP contribution in [0.2, 0.25) is 0 Å². The number of hydrogen-bond acceptors (Lipinski definition) is 3. The van der Waals surface area contributed by atoms with E-state index >= 15 is 0 Å². The third kappa shape index (κ3) is 6.61. The van der Waals surface area contributed by atoms with Crippen LogP contribution in [0.4, 0.5) is 0 Å². The van der Waals surface area contributed by atoms with Crippen molar-refractivity contribution in [3.63, 3.8) is 0 Å². The lowest BCUT2D eigenvalue weighted by molar-refractivity contribution is -0.143. The van der Waals surface area contributed by atoms with Crippen molar-refractivity contribution in [1.29, 1.82) is 0 Å². The number of aryl methyl sites for hydroxylation is 3. The zero-order chi connectivity index (χ0) is 22.3. The monoisotopic (exact) mass is 410 g/mol. The summed E-state index contributed by atoms with van der Waals surface area (Å²) in [6.45, 7) is 12.0. The van der Waals surface area contributed by atoms with Crippen molar-refractivity contribution in [2.45, 2.75) is 66.6 Å². The molecule has 0 heterocycles. The number of amides is 2. The topological polar surface area (TPSA) is 58.6 Å². The van der Waals surface area contributed by atoms with Crippen LogP contribution in [0.15, 0.2) is 42.5 Å². The van der Waals surface area contributed by atoms with Gasteiger partial charge in [0.2, 0.25) is 5.91 Å². The summed E-state index contributed by atoms with van der Waals surface area (Å²) in [5.41, 5.74) is 4.27. The Morgan fingerprint density at radius 2 is 1.67 bits per heavy atom. The minimum absolute atomic E-state index is 0.00785. The molecule has 0 unspecified atom stereocenters. The van der Waals surface area contributed by atoms with Crippen LogP contribution in [-0.4, -0.2) is 35.4 Å². The molecule has 0 aromatic heterocycles. The van der Waals surface area contributed by atoms with Gasteiger partial charge in [0.15, 0.2) is 6.61 Å². The van der Waals surface area contributed by atoms with E-state index in [1.54, 1.807) is 4.90 Å². The number of nitrogens with one attached hydrogen (secondary N) is 1. The fourth-order valence-electron chi connectivity index (χ4n) is 3.52. The fraction of sp³-hybridized carbons (Fsp3) is 0.440. The molecule has 0 fully saturated rings. The Balaban J connectivity index is 2.25. The van der Waals surface area contributed by atoms with Crippen LogP contribution in [0.5, 0.6) is 5.75 Å². The van der Waals surface area contributed by atoms with Gasteiger partial charge in [0.05, 0.1) is 0 Å². The minimum Gasteiger partial charge on any atom is -0.484 e. The molecule has 0 radical (unpaired) electrons. The van der Waals surface area contributed by atoms with Gasteiger partial charge in [-0.3, -0.25) is 9.59 Å².